The van der Waals surface area contributed by atoms with E-state index in [9.17, 15) is 14.0 Å². The second kappa shape index (κ2) is 10.4. The van der Waals surface area contributed by atoms with Gasteiger partial charge in [0.1, 0.15) is 5.82 Å². The van der Waals surface area contributed by atoms with Crippen molar-refractivity contribution in [2.45, 2.75) is 13.5 Å². The molecule has 0 atom stereocenters. The largest absolute Gasteiger partial charge is 0.462 e. The smallest absolute Gasteiger partial charge is 0.338 e. The number of carbonyl (C=O) groups excluding carboxylic acids is 2. The van der Waals surface area contributed by atoms with Gasteiger partial charge in [0.2, 0.25) is 0 Å². The monoisotopic (exact) mass is 437 g/mol. The van der Waals surface area contributed by atoms with E-state index >= 15 is 0 Å². The Morgan fingerprint density at radius 2 is 1.84 bits per heavy atom. The topological polar surface area (TPSA) is 71.5 Å². The molecule has 1 aromatic heterocycles. The number of nitrogens with one attached hydrogen (secondary N) is 1. The number of carbonyl (C=O) groups is 2. The number of esters is 1. The van der Waals surface area contributed by atoms with Crippen LogP contribution in [0.3, 0.4) is 0 Å². The van der Waals surface area contributed by atoms with Crippen LogP contribution >= 0.6 is 12.2 Å². The molecule has 0 saturated carbocycles. The molecule has 6 nitrogen and oxygen atoms in total. The second-order valence-corrected chi connectivity index (χ2v) is 6.84. The summed E-state index contributed by atoms with van der Waals surface area (Å²) in [5.74, 6) is -1.72. The fraction of sp³-hybridized carbons (Fsp3) is 0.130. The maximum Gasteiger partial charge on any atom is 0.338 e. The van der Waals surface area contributed by atoms with E-state index in [0.29, 0.717) is 17.8 Å². The predicted molar refractivity (Wildman–Crippen MR) is 119 cm³/mol. The van der Waals surface area contributed by atoms with Crippen molar-refractivity contribution in [2.75, 3.05) is 11.5 Å². The normalized spacial score (nSPS) is 10.3. The predicted octanol–water partition coefficient (Wildman–Crippen LogP) is 4.12. The van der Waals surface area contributed by atoms with Crippen molar-refractivity contribution in [3.05, 3.63) is 95.6 Å². The number of halogens is 1. The van der Waals surface area contributed by atoms with Gasteiger partial charge in [0.25, 0.3) is 5.91 Å². The Kier molecular flexibility index (Phi) is 7.40. The molecule has 1 heterocycles. The van der Waals surface area contributed by atoms with Gasteiger partial charge in [-0.1, -0.05) is 18.2 Å². The third kappa shape index (κ3) is 5.70. The Morgan fingerprint density at radius 1 is 1.10 bits per heavy atom. The Balaban J connectivity index is 1.85. The molecule has 2 aromatic carbocycles. The summed E-state index contributed by atoms with van der Waals surface area (Å²) < 4.78 is 19.0. The molecular weight excluding hydrogens is 417 g/mol. The van der Waals surface area contributed by atoms with Crippen molar-refractivity contribution < 1.29 is 18.7 Å². The minimum absolute atomic E-state index is 0.0843. The van der Waals surface area contributed by atoms with E-state index in [1.807, 2.05) is 6.07 Å². The van der Waals surface area contributed by atoms with Crippen LogP contribution in [-0.4, -0.2) is 28.6 Å². The summed E-state index contributed by atoms with van der Waals surface area (Å²) in [6.45, 7) is 2.32. The number of pyridine rings is 1. The molecule has 1 N–H and O–H groups in total. The summed E-state index contributed by atoms with van der Waals surface area (Å²) >= 11 is 5.46. The zero-order valence-corrected chi connectivity index (χ0v) is 17.6. The maximum atomic E-state index is 14.0. The number of thiocarbonyl (C=S) groups is 1. The highest BCUT2D eigenvalue weighted by Gasteiger charge is 2.19. The van der Waals surface area contributed by atoms with Crippen LogP contribution in [-0.2, 0) is 11.3 Å². The van der Waals surface area contributed by atoms with Crippen LogP contribution in [0.25, 0.3) is 0 Å². The summed E-state index contributed by atoms with van der Waals surface area (Å²) in [6, 6.07) is 16.0. The summed E-state index contributed by atoms with van der Waals surface area (Å²) in [6.07, 6.45) is 3.33. The van der Waals surface area contributed by atoms with Crippen LogP contribution in [0.15, 0.2) is 73.1 Å². The Morgan fingerprint density at radius 3 is 2.48 bits per heavy atom. The molecule has 0 unspecified atom stereocenters. The molecule has 158 valence electrons. The SMILES string of the molecule is CCOC(=O)c1ccc(N(Cc2cccnc2)C(=S)NC(=O)c2ccccc2F)cc1. The van der Waals surface area contributed by atoms with Crippen molar-refractivity contribution >= 4 is 34.9 Å². The van der Waals surface area contributed by atoms with E-state index in [1.54, 1.807) is 60.6 Å². The number of anilines is 1. The van der Waals surface area contributed by atoms with E-state index in [4.69, 9.17) is 17.0 Å². The summed E-state index contributed by atoms with van der Waals surface area (Å²) in [5, 5.41) is 2.66. The van der Waals surface area contributed by atoms with E-state index < -0.39 is 17.7 Å². The molecule has 0 fully saturated rings. The van der Waals surface area contributed by atoms with Gasteiger partial charge in [0.15, 0.2) is 5.11 Å². The van der Waals surface area contributed by atoms with Gasteiger partial charge in [-0.2, -0.15) is 0 Å². The van der Waals surface area contributed by atoms with Gasteiger partial charge < -0.3 is 9.64 Å². The van der Waals surface area contributed by atoms with Gasteiger partial charge in [0, 0.05) is 18.1 Å². The van der Waals surface area contributed by atoms with Gasteiger partial charge >= 0.3 is 5.97 Å². The third-order valence-corrected chi connectivity index (χ3v) is 4.66. The number of ether oxygens (including phenoxy) is 1. The van der Waals surface area contributed by atoms with Crippen LogP contribution in [0.1, 0.15) is 33.2 Å². The average molecular weight is 437 g/mol. The highest BCUT2D eigenvalue weighted by molar-refractivity contribution is 7.80. The highest BCUT2D eigenvalue weighted by Crippen LogP contribution is 2.19. The standard InChI is InChI=1S/C23H20FN3O3S/c1-2-30-22(29)17-9-11-18(12-10-17)27(15-16-6-5-13-25-14-16)23(31)26-21(28)19-7-3-4-8-20(19)24/h3-14H,2,15H2,1H3,(H,26,28,31). The van der Waals surface area contributed by atoms with Crippen LogP contribution in [0.4, 0.5) is 10.1 Å². The molecule has 3 aromatic rings. The van der Waals surface area contributed by atoms with Crippen LogP contribution in [0.5, 0.6) is 0 Å². The van der Waals surface area contributed by atoms with E-state index in [1.165, 1.54) is 18.2 Å². The molecule has 8 heteroatoms. The first-order valence-corrected chi connectivity index (χ1v) is 9.94. The molecule has 0 radical (unpaired) electrons. The van der Waals surface area contributed by atoms with Gasteiger partial charge in [-0.15, -0.1) is 0 Å². The van der Waals surface area contributed by atoms with Crippen molar-refractivity contribution in [3.63, 3.8) is 0 Å². The van der Waals surface area contributed by atoms with Crippen LogP contribution in [0, 0.1) is 5.82 Å². The number of benzene rings is 2. The first-order valence-electron chi connectivity index (χ1n) is 9.53. The number of hydrogen-bond donors (Lipinski definition) is 1. The Hall–Kier alpha value is -3.65. The third-order valence-electron chi connectivity index (χ3n) is 4.34. The molecule has 1 amide bonds. The van der Waals surface area contributed by atoms with Gasteiger partial charge in [0.05, 0.1) is 24.3 Å². The zero-order valence-electron chi connectivity index (χ0n) is 16.7. The van der Waals surface area contributed by atoms with E-state index in [0.717, 1.165) is 5.56 Å². The van der Waals surface area contributed by atoms with Crippen molar-refractivity contribution in [2.24, 2.45) is 0 Å². The van der Waals surface area contributed by atoms with Crippen molar-refractivity contribution in [1.82, 2.24) is 10.3 Å². The van der Waals surface area contributed by atoms with Gasteiger partial charge in [-0.05, 0) is 67.2 Å². The van der Waals surface area contributed by atoms with E-state index in [2.05, 4.69) is 10.3 Å². The maximum absolute atomic E-state index is 14.0. The molecular formula is C23H20FN3O3S. The summed E-state index contributed by atoms with van der Waals surface area (Å²) in [5.41, 5.74) is 1.77. The lowest BCUT2D eigenvalue weighted by Crippen LogP contribution is -2.42. The highest BCUT2D eigenvalue weighted by atomic mass is 32.1. The van der Waals surface area contributed by atoms with E-state index in [-0.39, 0.29) is 17.3 Å². The number of hydrogen-bond acceptors (Lipinski definition) is 5. The lowest BCUT2D eigenvalue weighted by atomic mass is 10.1. The molecule has 0 spiro atoms. The second-order valence-electron chi connectivity index (χ2n) is 6.45. The molecule has 0 aliphatic heterocycles. The minimum Gasteiger partial charge on any atom is -0.462 e. The van der Waals surface area contributed by atoms with Crippen LogP contribution < -0.4 is 10.2 Å². The van der Waals surface area contributed by atoms with Crippen molar-refractivity contribution in [3.8, 4) is 0 Å². The van der Waals surface area contributed by atoms with Crippen molar-refractivity contribution in [1.29, 1.82) is 0 Å². The lowest BCUT2D eigenvalue weighted by Gasteiger charge is -2.26. The first-order chi connectivity index (χ1) is 15.0. The fourth-order valence-corrected chi connectivity index (χ4v) is 3.09. The quantitative estimate of drug-likeness (QED) is 0.462. The molecule has 0 saturated heterocycles. The Bertz CT molecular complexity index is 1070. The molecule has 31 heavy (non-hydrogen) atoms. The molecule has 3 rings (SSSR count). The minimum atomic E-state index is -0.651. The molecule has 0 aliphatic rings. The zero-order chi connectivity index (χ0) is 22.2. The number of amides is 1. The summed E-state index contributed by atoms with van der Waals surface area (Å²) in [7, 11) is 0. The number of rotatable bonds is 6. The molecule has 0 aliphatic carbocycles. The fourth-order valence-electron chi connectivity index (χ4n) is 2.82. The van der Waals surface area contributed by atoms with Gasteiger partial charge in [-0.25, -0.2) is 9.18 Å². The average Bonchev–Trinajstić information content (AvgIpc) is 2.78. The first kappa shape index (κ1) is 22.0. The lowest BCUT2D eigenvalue weighted by molar-refractivity contribution is 0.0526. The molecule has 0 bridgehead atoms. The van der Waals surface area contributed by atoms with Crippen LogP contribution in [0.2, 0.25) is 0 Å². The number of nitrogens with zero attached hydrogens (tertiary/aromatic N) is 2. The summed E-state index contributed by atoms with van der Waals surface area (Å²) in [4.78, 5) is 30.2. The Labute approximate surface area is 184 Å². The van der Waals surface area contributed by atoms with Gasteiger partial charge in [-0.3, -0.25) is 15.1 Å². The number of aromatic nitrogens is 1.